The van der Waals surface area contributed by atoms with Gasteiger partial charge in [-0.1, -0.05) is 91.4 Å². The molecular formula is C41H60ClN3O4. The number of hydrogen-bond donors (Lipinski definition) is 2. The van der Waals surface area contributed by atoms with Crippen LogP contribution in [-0.4, -0.2) is 67.7 Å². The summed E-state index contributed by atoms with van der Waals surface area (Å²) >= 11 is 5.96. The van der Waals surface area contributed by atoms with E-state index < -0.39 is 5.60 Å². The van der Waals surface area contributed by atoms with Gasteiger partial charge in [0.05, 0.1) is 13.2 Å². The van der Waals surface area contributed by atoms with Gasteiger partial charge in [0.1, 0.15) is 5.75 Å². The number of rotatable bonds is 24. The topological polar surface area (TPSA) is 79.9 Å². The van der Waals surface area contributed by atoms with E-state index >= 15 is 0 Å². The number of ether oxygens (including phenoxy) is 2. The van der Waals surface area contributed by atoms with Gasteiger partial charge in [-0.2, -0.15) is 0 Å². The second-order valence-corrected chi connectivity index (χ2v) is 12.9. The first kappa shape index (κ1) is 41.8. The van der Waals surface area contributed by atoms with E-state index in [-0.39, 0.29) is 17.9 Å². The van der Waals surface area contributed by atoms with Crippen molar-refractivity contribution in [1.82, 2.24) is 15.5 Å². The number of carbonyl (C=O) groups is 2. The standard InChI is InChI=1S/C41H60ClN3O4/c1-4-5-6-7-8-9-10-11-12-13-14-15-16-17-18-19-20-21-22-23-39(46)43-30-28-37(45-32-34-48-35-33-45)29-31-44-40(47)41(2,3)49-38-26-24-36(42)25-27-38/h5-6,8-9,11-12,14-15,17-18,20-21,24-27,37H,4,7,10,13,16,19,22-23,28-35H2,1-3H3,(H,43,46)(H,44,47). The van der Waals surface area contributed by atoms with Gasteiger partial charge in [0.25, 0.3) is 5.91 Å². The van der Waals surface area contributed by atoms with Gasteiger partial charge in [-0.3, -0.25) is 14.5 Å². The van der Waals surface area contributed by atoms with Gasteiger partial charge in [0, 0.05) is 43.7 Å². The molecule has 1 fully saturated rings. The second kappa shape index (κ2) is 26.5. The van der Waals surface area contributed by atoms with Crippen LogP contribution in [0.1, 0.15) is 85.0 Å². The third-order valence-corrected chi connectivity index (χ3v) is 8.24. The normalized spacial score (nSPS) is 15.4. The molecule has 1 unspecified atom stereocenters. The molecule has 0 aromatic heterocycles. The molecule has 0 saturated carbocycles. The maximum atomic E-state index is 12.9. The summed E-state index contributed by atoms with van der Waals surface area (Å²) in [5.41, 5.74) is -1.03. The van der Waals surface area contributed by atoms with Crippen molar-refractivity contribution in [2.45, 2.75) is 96.6 Å². The van der Waals surface area contributed by atoms with Crippen molar-refractivity contribution in [2.75, 3.05) is 39.4 Å². The monoisotopic (exact) mass is 693 g/mol. The number of allylic oxidation sites excluding steroid dienone is 12. The molecule has 1 heterocycles. The average molecular weight is 694 g/mol. The Morgan fingerprint density at radius 1 is 0.796 bits per heavy atom. The first-order chi connectivity index (χ1) is 23.8. The number of halogens is 1. The number of benzene rings is 1. The smallest absolute Gasteiger partial charge is 0.263 e. The zero-order valence-corrected chi connectivity index (χ0v) is 30.8. The summed E-state index contributed by atoms with van der Waals surface area (Å²) in [5, 5.41) is 6.75. The van der Waals surface area contributed by atoms with Crippen molar-refractivity contribution in [3.05, 3.63) is 102 Å². The van der Waals surface area contributed by atoms with E-state index in [2.05, 4.69) is 95.4 Å². The van der Waals surface area contributed by atoms with Gasteiger partial charge in [0.15, 0.2) is 5.60 Å². The van der Waals surface area contributed by atoms with Gasteiger partial charge >= 0.3 is 0 Å². The van der Waals surface area contributed by atoms with E-state index in [4.69, 9.17) is 21.1 Å². The minimum Gasteiger partial charge on any atom is -0.478 e. The predicted octanol–water partition coefficient (Wildman–Crippen LogP) is 8.69. The van der Waals surface area contributed by atoms with Crippen LogP contribution in [0, 0.1) is 0 Å². The van der Waals surface area contributed by atoms with Crippen LogP contribution in [0.25, 0.3) is 0 Å². The Labute approximate surface area is 301 Å². The maximum Gasteiger partial charge on any atom is 0.263 e. The highest BCUT2D eigenvalue weighted by Crippen LogP contribution is 2.21. The Bertz CT molecular complexity index is 1230. The van der Waals surface area contributed by atoms with Crippen LogP contribution in [0.15, 0.2) is 97.2 Å². The quantitative estimate of drug-likeness (QED) is 0.106. The molecule has 0 bridgehead atoms. The average Bonchev–Trinajstić information content (AvgIpc) is 3.09. The molecule has 2 amide bonds. The van der Waals surface area contributed by atoms with Crippen LogP contribution < -0.4 is 15.4 Å². The van der Waals surface area contributed by atoms with E-state index in [0.717, 1.165) is 70.9 Å². The largest absolute Gasteiger partial charge is 0.478 e. The van der Waals surface area contributed by atoms with Crippen molar-refractivity contribution in [3.8, 4) is 5.75 Å². The zero-order chi connectivity index (χ0) is 35.4. The highest BCUT2D eigenvalue weighted by Gasteiger charge is 2.30. The SMILES string of the molecule is CCC=CCC=CCC=CCC=CCC=CCC=CCCC(=O)NCCC(CCNC(=O)C(C)(C)Oc1ccc(Cl)cc1)N1CCOCC1. The summed E-state index contributed by atoms with van der Waals surface area (Å²) in [6.07, 6.45) is 34.8. The Morgan fingerprint density at radius 2 is 1.29 bits per heavy atom. The molecule has 49 heavy (non-hydrogen) atoms. The molecule has 1 aliphatic rings. The Hall–Kier alpha value is -3.39. The number of carbonyl (C=O) groups excluding carboxylic acids is 2. The molecule has 8 heteroatoms. The van der Waals surface area contributed by atoms with E-state index in [0.29, 0.717) is 43.5 Å². The molecule has 1 saturated heterocycles. The maximum absolute atomic E-state index is 12.9. The highest BCUT2D eigenvalue weighted by molar-refractivity contribution is 6.30. The first-order valence-electron chi connectivity index (χ1n) is 18.0. The molecule has 0 radical (unpaired) electrons. The lowest BCUT2D eigenvalue weighted by Gasteiger charge is -2.35. The van der Waals surface area contributed by atoms with Crippen LogP contribution in [-0.2, 0) is 14.3 Å². The van der Waals surface area contributed by atoms with Gasteiger partial charge < -0.3 is 20.1 Å². The number of nitrogens with one attached hydrogen (secondary N) is 2. The number of nitrogens with zero attached hydrogens (tertiary/aromatic N) is 1. The van der Waals surface area contributed by atoms with Crippen LogP contribution >= 0.6 is 11.6 Å². The summed E-state index contributed by atoms with van der Waals surface area (Å²) in [5.74, 6) is 0.479. The lowest BCUT2D eigenvalue weighted by molar-refractivity contribution is -0.134. The minimum absolute atomic E-state index is 0.0645. The summed E-state index contributed by atoms with van der Waals surface area (Å²) < 4.78 is 11.5. The molecular weight excluding hydrogens is 634 g/mol. The summed E-state index contributed by atoms with van der Waals surface area (Å²) in [6, 6.07) is 7.21. The molecule has 1 aliphatic heterocycles. The molecule has 7 nitrogen and oxygen atoms in total. The van der Waals surface area contributed by atoms with Gasteiger partial charge in [-0.05, 0) is 95.9 Å². The fourth-order valence-corrected chi connectivity index (χ4v) is 5.31. The highest BCUT2D eigenvalue weighted by atomic mass is 35.5. The summed E-state index contributed by atoms with van der Waals surface area (Å²) in [4.78, 5) is 27.8. The predicted molar refractivity (Wildman–Crippen MR) is 205 cm³/mol. The number of hydrogen-bond acceptors (Lipinski definition) is 5. The molecule has 0 spiro atoms. The fourth-order valence-electron chi connectivity index (χ4n) is 5.18. The molecule has 1 aromatic carbocycles. The summed E-state index contributed by atoms with van der Waals surface area (Å²) in [7, 11) is 0. The van der Waals surface area contributed by atoms with Crippen LogP contribution in [0.3, 0.4) is 0 Å². The van der Waals surface area contributed by atoms with E-state index in [9.17, 15) is 9.59 Å². The summed E-state index contributed by atoms with van der Waals surface area (Å²) in [6.45, 7) is 9.87. The third-order valence-electron chi connectivity index (χ3n) is 7.99. The first-order valence-corrected chi connectivity index (χ1v) is 18.4. The minimum atomic E-state index is -1.03. The lowest BCUT2D eigenvalue weighted by Crippen LogP contribution is -2.49. The molecule has 1 atom stereocenters. The molecule has 0 aliphatic carbocycles. The van der Waals surface area contributed by atoms with Crippen LogP contribution in [0.2, 0.25) is 5.02 Å². The van der Waals surface area contributed by atoms with E-state index in [1.165, 1.54) is 0 Å². The van der Waals surface area contributed by atoms with Crippen molar-refractivity contribution in [1.29, 1.82) is 0 Å². The zero-order valence-electron chi connectivity index (χ0n) is 30.1. The fraction of sp³-hybridized carbons (Fsp3) is 0.512. The Kier molecular flexibility index (Phi) is 22.6. The van der Waals surface area contributed by atoms with Gasteiger partial charge in [-0.15, -0.1) is 0 Å². The van der Waals surface area contributed by atoms with Crippen molar-refractivity contribution in [2.24, 2.45) is 0 Å². The van der Waals surface area contributed by atoms with Crippen molar-refractivity contribution >= 4 is 23.4 Å². The van der Waals surface area contributed by atoms with Crippen LogP contribution in [0.4, 0.5) is 0 Å². The van der Waals surface area contributed by atoms with Gasteiger partial charge in [-0.25, -0.2) is 0 Å². The Morgan fingerprint density at radius 3 is 1.82 bits per heavy atom. The lowest BCUT2D eigenvalue weighted by atomic mass is 10.1. The van der Waals surface area contributed by atoms with E-state index in [1.54, 1.807) is 38.1 Å². The third kappa shape index (κ3) is 20.7. The van der Waals surface area contributed by atoms with Crippen LogP contribution in [0.5, 0.6) is 5.75 Å². The molecule has 1 aromatic rings. The number of morpholine rings is 1. The van der Waals surface area contributed by atoms with E-state index in [1.807, 2.05) is 0 Å². The molecule has 2 N–H and O–H groups in total. The van der Waals surface area contributed by atoms with Crippen molar-refractivity contribution < 1.29 is 19.1 Å². The van der Waals surface area contributed by atoms with Gasteiger partial charge in [0.2, 0.25) is 5.91 Å². The second-order valence-electron chi connectivity index (χ2n) is 12.5. The van der Waals surface area contributed by atoms with Crippen molar-refractivity contribution in [3.63, 3.8) is 0 Å². The molecule has 2 rings (SSSR count). The molecule has 270 valence electrons. The number of amides is 2. The Balaban J connectivity index is 1.59.